The molecule has 0 amide bonds. The Bertz CT molecular complexity index is 756. The van der Waals surface area contributed by atoms with Gasteiger partial charge in [-0.05, 0) is 48.9 Å². The summed E-state index contributed by atoms with van der Waals surface area (Å²) in [6.07, 6.45) is 2.42. The predicted octanol–water partition coefficient (Wildman–Crippen LogP) is 2.94. The van der Waals surface area contributed by atoms with E-state index in [0.717, 1.165) is 27.9 Å². The summed E-state index contributed by atoms with van der Waals surface area (Å²) in [5.41, 5.74) is 9.81. The number of halogens is 1. The minimum atomic E-state index is -0.269. The van der Waals surface area contributed by atoms with Gasteiger partial charge < -0.3 is 5.73 Å². The Morgan fingerprint density at radius 3 is 2.75 bits per heavy atom. The third-order valence-electron chi connectivity index (χ3n) is 3.18. The second kappa shape index (κ2) is 5.35. The molecule has 0 aliphatic rings. The molecule has 4 heteroatoms. The van der Waals surface area contributed by atoms with Gasteiger partial charge in [-0.25, -0.2) is 9.37 Å². The number of nitrogens with two attached hydrogens (primary N) is 1. The maximum absolute atomic E-state index is 13.4. The van der Waals surface area contributed by atoms with Crippen LogP contribution in [0, 0.1) is 5.82 Å². The Kier molecular flexibility index (Phi) is 3.39. The lowest BCUT2D eigenvalue weighted by Crippen LogP contribution is -2.05. The molecule has 1 aromatic carbocycles. The quantitative estimate of drug-likeness (QED) is 0.793. The Hall–Kier alpha value is -2.33. The lowest BCUT2D eigenvalue weighted by molar-refractivity contribution is 0.628. The van der Waals surface area contributed by atoms with Crippen molar-refractivity contribution in [3.05, 3.63) is 60.0 Å². The van der Waals surface area contributed by atoms with Crippen LogP contribution in [-0.2, 0) is 6.42 Å². The molecule has 20 heavy (non-hydrogen) atoms. The van der Waals surface area contributed by atoms with Crippen LogP contribution in [0.3, 0.4) is 0 Å². The van der Waals surface area contributed by atoms with E-state index in [1.165, 1.54) is 12.1 Å². The molecule has 2 N–H and O–H groups in total. The molecule has 0 fully saturated rings. The van der Waals surface area contributed by atoms with Gasteiger partial charge >= 0.3 is 0 Å². The van der Waals surface area contributed by atoms with Gasteiger partial charge in [-0.15, -0.1) is 0 Å². The van der Waals surface area contributed by atoms with Gasteiger partial charge in [0.1, 0.15) is 5.82 Å². The average Bonchev–Trinajstić information content (AvgIpc) is 2.47. The summed E-state index contributed by atoms with van der Waals surface area (Å²) >= 11 is 0. The highest BCUT2D eigenvalue weighted by atomic mass is 19.1. The van der Waals surface area contributed by atoms with Gasteiger partial charge in [-0.2, -0.15) is 0 Å². The summed E-state index contributed by atoms with van der Waals surface area (Å²) in [6.45, 7) is 0.516. The molecular weight excluding hydrogens is 253 g/mol. The van der Waals surface area contributed by atoms with Gasteiger partial charge in [-0.3, -0.25) is 4.98 Å². The summed E-state index contributed by atoms with van der Waals surface area (Å²) in [4.78, 5) is 8.92. The normalized spacial score (nSPS) is 10.9. The van der Waals surface area contributed by atoms with Gasteiger partial charge in [0.25, 0.3) is 0 Å². The number of rotatable bonds is 3. The maximum atomic E-state index is 13.4. The van der Waals surface area contributed by atoms with Crippen molar-refractivity contribution in [2.45, 2.75) is 6.42 Å². The lowest BCUT2D eigenvalue weighted by Gasteiger charge is -2.10. The van der Waals surface area contributed by atoms with Gasteiger partial charge in [0, 0.05) is 11.8 Å². The van der Waals surface area contributed by atoms with Crippen LogP contribution in [0.5, 0.6) is 0 Å². The van der Waals surface area contributed by atoms with Crippen LogP contribution in [0.15, 0.2) is 48.7 Å². The Morgan fingerprint density at radius 1 is 1.05 bits per heavy atom. The first-order valence-corrected chi connectivity index (χ1v) is 6.48. The highest BCUT2D eigenvalue weighted by molar-refractivity contribution is 5.80. The molecule has 2 aromatic heterocycles. The van der Waals surface area contributed by atoms with Crippen molar-refractivity contribution in [2.24, 2.45) is 5.73 Å². The standard InChI is InChI=1S/C16H14FN3/c17-13-4-1-3-11(9-13)16-12(6-7-18)10-15-14(20-16)5-2-8-19-15/h1-5,8-10H,6-7,18H2. The molecule has 0 unspecified atom stereocenters. The smallest absolute Gasteiger partial charge is 0.123 e. The van der Waals surface area contributed by atoms with Gasteiger partial charge in [0.15, 0.2) is 0 Å². The van der Waals surface area contributed by atoms with E-state index in [0.29, 0.717) is 13.0 Å². The van der Waals surface area contributed by atoms with Crippen LogP contribution < -0.4 is 5.73 Å². The minimum Gasteiger partial charge on any atom is -0.330 e. The highest BCUT2D eigenvalue weighted by Gasteiger charge is 2.10. The summed E-state index contributed by atoms with van der Waals surface area (Å²) in [6, 6.07) is 12.2. The van der Waals surface area contributed by atoms with Gasteiger partial charge in [0.2, 0.25) is 0 Å². The van der Waals surface area contributed by atoms with E-state index in [1.54, 1.807) is 12.3 Å². The molecule has 0 atom stereocenters. The van der Waals surface area contributed by atoms with E-state index < -0.39 is 0 Å². The Balaban J connectivity index is 2.24. The van der Waals surface area contributed by atoms with Crippen LogP contribution in [0.4, 0.5) is 4.39 Å². The van der Waals surface area contributed by atoms with Crippen LogP contribution in [0.1, 0.15) is 5.56 Å². The molecule has 0 radical (unpaired) electrons. The van der Waals surface area contributed by atoms with Crippen molar-refractivity contribution >= 4 is 11.0 Å². The Morgan fingerprint density at radius 2 is 1.95 bits per heavy atom. The van der Waals surface area contributed by atoms with E-state index in [9.17, 15) is 4.39 Å². The molecule has 0 spiro atoms. The van der Waals surface area contributed by atoms with Crippen molar-refractivity contribution < 1.29 is 4.39 Å². The van der Waals surface area contributed by atoms with Crippen molar-refractivity contribution in [2.75, 3.05) is 6.54 Å². The number of aromatic nitrogens is 2. The van der Waals surface area contributed by atoms with E-state index in [2.05, 4.69) is 9.97 Å². The minimum absolute atomic E-state index is 0.269. The van der Waals surface area contributed by atoms with E-state index in [1.807, 2.05) is 24.3 Å². The third kappa shape index (κ3) is 2.38. The molecule has 3 aromatic rings. The van der Waals surface area contributed by atoms with Gasteiger partial charge in [-0.1, -0.05) is 12.1 Å². The van der Waals surface area contributed by atoms with Crippen LogP contribution in [0.2, 0.25) is 0 Å². The second-order valence-corrected chi connectivity index (χ2v) is 4.59. The fourth-order valence-electron chi connectivity index (χ4n) is 2.27. The number of hydrogen-bond acceptors (Lipinski definition) is 3. The SMILES string of the molecule is NCCc1cc2ncccc2nc1-c1cccc(F)c1. The molecule has 3 rings (SSSR count). The van der Waals surface area contributed by atoms with E-state index in [4.69, 9.17) is 5.73 Å². The fraction of sp³-hybridized carbons (Fsp3) is 0.125. The van der Waals surface area contributed by atoms with Crippen LogP contribution in [0.25, 0.3) is 22.3 Å². The molecule has 0 saturated carbocycles. The largest absolute Gasteiger partial charge is 0.330 e. The summed E-state index contributed by atoms with van der Waals surface area (Å²) in [5, 5.41) is 0. The zero-order valence-corrected chi connectivity index (χ0v) is 10.9. The number of pyridine rings is 2. The molecule has 100 valence electrons. The van der Waals surface area contributed by atoms with Crippen molar-refractivity contribution in [3.63, 3.8) is 0 Å². The summed E-state index contributed by atoms with van der Waals surface area (Å²) in [5.74, 6) is -0.269. The first-order valence-electron chi connectivity index (χ1n) is 6.48. The second-order valence-electron chi connectivity index (χ2n) is 4.59. The van der Waals surface area contributed by atoms with Gasteiger partial charge in [0.05, 0.1) is 16.7 Å². The average molecular weight is 267 g/mol. The molecule has 2 heterocycles. The third-order valence-corrected chi connectivity index (χ3v) is 3.18. The topological polar surface area (TPSA) is 51.8 Å². The number of nitrogens with zero attached hydrogens (tertiary/aromatic N) is 2. The zero-order chi connectivity index (χ0) is 13.9. The van der Waals surface area contributed by atoms with Crippen LogP contribution >= 0.6 is 0 Å². The first-order chi connectivity index (χ1) is 9.78. The maximum Gasteiger partial charge on any atom is 0.123 e. The lowest BCUT2D eigenvalue weighted by atomic mass is 10.0. The van der Waals surface area contributed by atoms with Crippen LogP contribution in [-0.4, -0.2) is 16.5 Å². The van der Waals surface area contributed by atoms with Crippen molar-refractivity contribution in [1.29, 1.82) is 0 Å². The monoisotopic (exact) mass is 267 g/mol. The molecule has 3 nitrogen and oxygen atoms in total. The summed E-state index contributed by atoms with van der Waals surface area (Å²) < 4.78 is 13.4. The van der Waals surface area contributed by atoms with E-state index in [-0.39, 0.29) is 5.82 Å². The molecule has 0 aliphatic carbocycles. The first kappa shape index (κ1) is 12.7. The fourth-order valence-corrected chi connectivity index (χ4v) is 2.27. The zero-order valence-electron chi connectivity index (χ0n) is 10.9. The molecule has 0 aliphatic heterocycles. The predicted molar refractivity (Wildman–Crippen MR) is 77.7 cm³/mol. The summed E-state index contributed by atoms with van der Waals surface area (Å²) in [7, 11) is 0. The molecule has 0 bridgehead atoms. The Labute approximate surface area is 116 Å². The number of hydrogen-bond donors (Lipinski definition) is 1. The van der Waals surface area contributed by atoms with E-state index >= 15 is 0 Å². The van der Waals surface area contributed by atoms with Crippen molar-refractivity contribution in [1.82, 2.24) is 9.97 Å². The molecular formula is C16H14FN3. The molecule has 0 saturated heterocycles. The van der Waals surface area contributed by atoms with Crippen molar-refractivity contribution in [3.8, 4) is 11.3 Å². The number of fused-ring (bicyclic) bond motifs is 1. The highest BCUT2D eigenvalue weighted by Crippen LogP contribution is 2.25. The number of benzene rings is 1.